The highest BCUT2D eigenvalue weighted by atomic mass is 16.7. The van der Waals surface area contributed by atoms with Gasteiger partial charge in [-0.2, -0.15) is 0 Å². The minimum Gasteiger partial charge on any atom is -0.461 e. The summed E-state index contributed by atoms with van der Waals surface area (Å²) in [4.78, 5) is 23.9. The van der Waals surface area contributed by atoms with Gasteiger partial charge < -0.3 is 23.9 Å². The van der Waals surface area contributed by atoms with Crippen molar-refractivity contribution >= 4 is 17.6 Å². The van der Waals surface area contributed by atoms with Crippen LogP contribution < -0.4 is 14.8 Å². The first-order valence-corrected chi connectivity index (χ1v) is 9.16. The normalized spacial score (nSPS) is 11.9. The summed E-state index contributed by atoms with van der Waals surface area (Å²) in [5, 5.41) is 2.65. The number of esters is 1. The van der Waals surface area contributed by atoms with Crippen molar-refractivity contribution in [3.05, 3.63) is 66.4 Å². The van der Waals surface area contributed by atoms with Crippen molar-refractivity contribution in [2.45, 2.75) is 12.8 Å². The Morgan fingerprint density at radius 3 is 2.66 bits per heavy atom. The zero-order valence-corrected chi connectivity index (χ0v) is 15.6. The minimum atomic E-state index is -0.469. The smallest absolute Gasteiger partial charge is 0.306 e. The molecule has 1 aliphatic heterocycles. The van der Waals surface area contributed by atoms with Crippen LogP contribution in [0, 0.1) is 0 Å². The number of hydrogen-bond donors (Lipinski definition) is 1. The number of fused-ring (bicyclic) bond motifs is 1. The minimum absolute atomic E-state index is 0.124. The second kappa shape index (κ2) is 8.52. The first-order valence-electron chi connectivity index (χ1n) is 9.16. The summed E-state index contributed by atoms with van der Waals surface area (Å²) in [6.07, 6.45) is 0.522. The highest BCUT2D eigenvalue weighted by molar-refractivity contribution is 5.93. The molecule has 1 aromatic heterocycles. The van der Waals surface area contributed by atoms with Crippen molar-refractivity contribution in [2.75, 3.05) is 18.7 Å². The maximum Gasteiger partial charge on any atom is 0.306 e. The lowest BCUT2D eigenvalue weighted by molar-refractivity contribution is -0.147. The number of carbonyl (C=O) groups excluding carboxylic acids is 2. The molecule has 0 bridgehead atoms. The van der Waals surface area contributed by atoms with Crippen LogP contribution in [0.15, 0.2) is 65.1 Å². The predicted octanol–water partition coefficient (Wildman–Crippen LogP) is 3.79. The number of benzene rings is 2. The maximum atomic E-state index is 12.0. The van der Waals surface area contributed by atoms with Crippen molar-refractivity contribution in [3.63, 3.8) is 0 Å². The van der Waals surface area contributed by atoms with E-state index in [4.69, 9.17) is 18.6 Å². The quantitative estimate of drug-likeness (QED) is 0.615. The molecule has 0 unspecified atom stereocenters. The van der Waals surface area contributed by atoms with Gasteiger partial charge >= 0.3 is 5.97 Å². The highest BCUT2D eigenvalue weighted by Crippen LogP contribution is 2.34. The lowest BCUT2D eigenvalue weighted by atomic mass is 10.2. The van der Waals surface area contributed by atoms with E-state index in [9.17, 15) is 9.59 Å². The summed E-state index contributed by atoms with van der Waals surface area (Å²) < 4.78 is 21.3. The van der Waals surface area contributed by atoms with E-state index in [0.717, 1.165) is 11.3 Å². The van der Waals surface area contributed by atoms with Gasteiger partial charge in [0.2, 0.25) is 6.79 Å². The molecule has 0 saturated carbocycles. The fourth-order valence-corrected chi connectivity index (χ4v) is 2.88. The highest BCUT2D eigenvalue weighted by Gasteiger charge is 2.15. The SMILES string of the molecule is O=C(COC(=O)CCc1ccc(-c2ccccc2)o1)Nc1ccc2c(c1)OCO2. The number of carbonyl (C=O) groups is 2. The number of anilines is 1. The lowest BCUT2D eigenvalue weighted by Gasteiger charge is -2.07. The predicted molar refractivity (Wildman–Crippen MR) is 105 cm³/mol. The van der Waals surface area contributed by atoms with Crippen molar-refractivity contribution in [3.8, 4) is 22.8 Å². The van der Waals surface area contributed by atoms with Crippen LogP contribution in [0.25, 0.3) is 11.3 Å². The van der Waals surface area contributed by atoms with E-state index in [1.807, 2.05) is 42.5 Å². The molecule has 2 aromatic carbocycles. The molecule has 0 atom stereocenters. The Kier molecular flexibility index (Phi) is 5.47. The molecule has 0 aliphatic carbocycles. The summed E-state index contributed by atoms with van der Waals surface area (Å²) in [6.45, 7) is -0.201. The molecule has 3 aromatic rings. The maximum absolute atomic E-state index is 12.0. The van der Waals surface area contributed by atoms with Gasteiger partial charge in [0.25, 0.3) is 5.91 Å². The molecule has 0 radical (unpaired) electrons. The van der Waals surface area contributed by atoms with Crippen molar-refractivity contribution in [1.82, 2.24) is 0 Å². The Hall–Kier alpha value is -3.74. The summed E-state index contributed by atoms with van der Waals surface area (Å²) in [5.74, 6) is 1.73. The Balaban J connectivity index is 1.21. The fourth-order valence-electron chi connectivity index (χ4n) is 2.88. The van der Waals surface area contributed by atoms with Crippen LogP contribution in [0.1, 0.15) is 12.2 Å². The molecule has 2 heterocycles. The Morgan fingerprint density at radius 2 is 1.79 bits per heavy atom. The number of furan rings is 1. The molecular weight excluding hydrogens is 374 g/mol. The average molecular weight is 393 g/mol. The molecule has 0 fully saturated rings. The number of hydrogen-bond acceptors (Lipinski definition) is 6. The van der Waals surface area contributed by atoms with Crippen molar-refractivity contribution < 1.29 is 28.2 Å². The lowest BCUT2D eigenvalue weighted by Crippen LogP contribution is -2.21. The third kappa shape index (κ3) is 4.76. The van der Waals surface area contributed by atoms with Crippen LogP contribution in [0.3, 0.4) is 0 Å². The van der Waals surface area contributed by atoms with E-state index in [0.29, 0.717) is 29.4 Å². The third-order valence-corrected chi connectivity index (χ3v) is 4.32. The van der Waals surface area contributed by atoms with Gasteiger partial charge in [-0.15, -0.1) is 0 Å². The number of amides is 1. The van der Waals surface area contributed by atoms with Gasteiger partial charge in [0.1, 0.15) is 11.5 Å². The van der Waals surface area contributed by atoms with Crippen LogP contribution in [0.4, 0.5) is 5.69 Å². The molecule has 1 N–H and O–H groups in total. The summed E-state index contributed by atoms with van der Waals surface area (Å²) in [6, 6.07) is 18.5. The molecule has 29 heavy (non-hydrogen) atoms. The van der Waals surface area contributed by atoms with Gasteiger partial charge in [-0.05, 0) is 24.3 Å². The van der Waals surface area contributed by atoms with E-state index >= 15 is 0 Å². The standard InChI is InChI=1S/C22H19NO6/c24-21(23-16-6-9-19-20(12-16)28-14-27-19)13-26-22(25)11-8-17-7-10-18(29-17)15-4-2-1-3-5-15/h1-7,9-10,12H,8,11,13-14H2,(H,23,24). The van der Waals surface area contributed by atoms with E-state index in [1.165, 1.54) is 0 Å². The second-order valence-electron chi connectivity index (χ2n) is 6.41. The zero-order valence-electron chi connectivity index (χ0n) is 15.6. The molecule has 7 nitrogen and oxygen atoms in total. The fraction of sp³-hybridized carbons (Fsp3) is 0.182. The van der Waals surface area contributed by atoms with Crippen LogP contribution in [-0.2, 0) is 20.7 Å². The average Bonchev–Trinajstić information content (AvgIpc) is 3.40. The van der Waals surface area contributed by atoms with Crippen LogP contribution >= 0.6 is 0 Å². The molecule has 7 heteroatoms. The van der Waals surface area contributed by atoms with Gasteiger partial charge in [0.05, 0.1) is 6.42 Å². The van der Waals surface area contributed by atoms with Crippen LogP contribution in [-0.4, -0.2) is 25.3 Å². The first-order chi connectivity index (χ1) is 14.2. The first kappa shape index (κ1) is 18.6. The van der Waals surface area contributed by atoms with Gasteiger partial charge in [-0.3, -0.25) is 9.59 Å². The largest absolute Gasteiger partial charge is 0.461 e. The van der Waals surface area contributed by atoms with Crippen LogP contribution in [0.5, 0.6) is 11.5 Å². The topological polar surface area (TPSA) is 87.0 Å². The zero-order chi connectivity index (χ0) is 20.1. The molecule has 148 valence electrons. The summed E-state index contributed by atoms with van der Waals surface area (Å²) in [5.41, 5.74) is 1.51. The molecule has 1 aliphatic rings. The molecule has 0 saturated heterocycles. The van der Waals surface area contributed by atoms with Crippen molar-refractivity contribution in [1.29, 1.82) is 0 Å². The number of rotatable bonds is 7. The molecule has 1 amide bonds. The van der Waals surface area contributed by atoms with E-state index in [-0.39, 0.29) is 19.8 Å². The number of aryl methyl sites for hydroxylation is 1. The van der Waals surface area contributed by atoms with Gasteiger partial charge in [-0.25, -0.2) is 0 Å². The van der Waals surface area contributed by atoms with E-state index < -0.39 is 11.9 Å². The molecule has 0 spiro atoms. The van der Waals surface area contributed by atoms with Crippen LogP contribution in [0.2, 0.25) is 0 Å². The number of ether oxygens (including phenoxy) is 3. The Morgan fingerprint density at radius 1 is 0.966 bits per heavy atom. The van der Waals surface area contributed by atoms with Gasteiger partial charge in [0, 0.05) is 23.7 Å². The van der Waals surface area contributed by atoms with Gasteiger partial charge in [-0.1, -0.05) is 30.3 Å². The molecular formula is C22H19NO6. The number of nitrogens with one attached hydrogen (secondary N) is 1. The van der Waals surface area contributed by atoms with E-state index in [1.54, 1.807) is 18.2 Å². The monoisotopic (exact) mass is 393 g/mol. The third-order valence-electron chi connectivity index (χ3n) is 4.32. The van der Waals surface area contributed by atoms with Crippen molar-refractivity contribution in [2.24, 2.45) is 0 Å². The second-order valence-corrected chi connectivity index (χ2v) is 6.41. The summed E-state index contributed by atoms with van der Waals surface area (Å²) >= 11 is 0. The van der Waals surface area contributed by atoms with Gasteiger partial charge in [0.15, 0.2) is 18.1 Å². The Bertz CT molecular complexity index is 1010. The Labute approximate surface area is 167 Å². The molecule has 4 rings (SSSR count). The summed E-state index contributed by atoms with van der Waals surface area (Å²) in [7, 11) is 0. The van der Waals surface area contributed by atoms with E-state index in [2.05, 4.69) is 5.32 Å².